The van der Waals surface area contributed by atoms with E-state index >= 15 is 0 Å². The summed E-state index contributed by atoms with van der Waals surface area (Å²) in [6.07, 6.45) is 4.21. The third-order valence-corrected chi connectivity index (χ3v) is 5.96. The monoisotopic (exact) mass is 488 g/mol. The van der Waals surface area contributed by atoms with Gasteiger partial charge in [-0.1, -0.05) is 29.3 Å². The molecule has 0 saturated carbocycles. The summed E-state index contributed by atoms with van der Waals surface area (Å²) in [6, 6.07) is 7.40. The lowest BCUT2D eigenvalue weighted by Crippen LogP contribution is -2.25. The zero-order valence-electron chi connectivity index (χ0n) is 19.7. The van der Waals surface area contributed by atoms with Gasteiger partial charge in [0.05, 0.1) is 17.9 Å². The molecule has 1 aromatic heterocycles. The summed E-state index contributed by atoms with van der Waals surface area (Å²) in [5.74, 6) is 0.585. The zero-order valence-corrected chi connectivity index (χ0v) is 21.2. The molecule has 1 amide bonds. The topological polar surface area (TPSA) is 54.7 Å². The highest BCUT2D eigenvalue weighted by atomic mass is 35.5. The number of ether oxygens (including phenoxy) is 1. The normalized spacial score (nSPS) is 11.9. The maximum atomic E-state index is 12.5. The maximum absolute atomic E-state index is 12.5. The first kappa shape index (κ1) is 25.2. The van der Waals surface area contributed by atoms with Gasteiger partial charge in [0.25, 0.3) is 0 Å². The molecule has 33 heavy (non-hydrogen) atoms. The first-order valence-corrected chi connectivity index (χ1v) is 11.7. The minimum Gasteiger partial charge on any atom is -0.493 e. The van der Waals surface area contributed by atoms with Crippen LogP contribution in [0.2, 0.25) is 10.0 Å². The second-order valence-corrected chi connectivity index (χ2v) is 9.08. The largest absolute Gasteiger partial charge is 0.493 e. The van der Waals surface area contributed by atoms with Crippen LogP contribution in [0.3, 0.4) is 0 Å². The average Bonchev–Trinajstić information content (AvgIpc) is 3.17. The number of halogens is 2. The Morgan fingerprint density at radius 3 is 2.64 bits per heavy atom. The number of carbonyl (C=O) groups is 1. The zero-order chi connectivity index (χ0) is 24.1. The molecule has 176 valence electrons. The summed E-state index contributed by atoms with van der Waals surface area (Å²) in [4.78, 5) is 14.6. The van der Waals surface area contributed by atoms with Gasteiger partial charge in [-0.2, -0.15) is 0 Å². The van der Waals surface area contributed by atoms with Crippen LogP contribution in [0, 0.1) is 6.92 Å². The van der Waals surface area contributed by atoms with Gasteiger partial charge in [0, 0.05) is 45.3 Å². The summed E-state index contributed by atoms with van der Waals surface area (Å²) in [7, 11) is 4.03. The molecule has 1 heterocycles. The van der Waals surface area contributed by atoms with Gasteiger partial charge in [-0.25, -0.2) is 0 Å². The number of rotatable bonds is 9. The number of carbonyl (C=O) groups excluding carboxylic acids is 1. The standard InChI is InChI=1S/C26H30Cl2N2O3/c1-6-32-25-17(3)26-21(22(15-33-26)19-9-8-18(27)13-23(19)28)14-20(25)16(2)12-24(31)29-10-7-11-30(4)5/h8-9,12-15H,6-7,10-11H2,1-5H3,(H,29,31)/b16-12+. The lowest BCUT2D eigenvalue weighted by molar-refractivity contribution is -0.116. The fourth-order valence-corrected chi connectivity index (χ4v) is 4.30. The Morgan fingerprint density at radius 1 is 1.21 bits per heavy atom. The molecule has 3 rings (SSSR count). The van der Waals surface area contributed by atoms with E-state index in [0.29, 0.717) is 28.9 Å². The molecule has 1 N–H and O–H groups in total. The van der Waals surface area contributed by atoms with Crippen molar-refractivity contribution in [2.45, 2.75) is 27.2 Å². The molecule has 5 nitrogen and oxygen atoms in total. The average molecular weight is 489 g/mol. The minimum atomic E-state index is -0.125. The van der Waals surface area contributed by atoms with Gasteiger partial charge in [-0.05, 0) is 71.6 Å². The van der Waals surface area contributed by atoms with Crippen LogP contribution >= 0.6 is 23.2 Å². The van der Waals surface area contributed by atoms with Crippen LogP contribution in [0.1, 0.15) is 31.4 Å². The smallest absolute Gasteiger partial charge is 0.244 e. The predicted octanol–water partition coefficient (Wildman–Crippen LogP) is 6.58. The molecule has 0 aliphatic heterocycles. The van der Waals surface area contributed by atoms with Crippen molar-refractivity contribution in [3.8, 4) is 16.9 Å². The molecule has 0 bridgehead atoms. The van der Waals surface area contributed by atoms with Gasteiger partial charge in [0.1, 0.15) is 11.3 Å². The molecular weight excluding hydrogens is 459 g/mol. The Hall–Kier alpha value is -2.47. The van der Waals surface area contributed by atoms with Crippen LogP contribution in [-0.2, 0) is 4.79 Å². The van der Waals surface area contributed by atoms with Crippen molar-refractivity contribution < 1.29 is 13.9 Å². The van der Waals surface area contributed by atoms with Crippen molar-refractivity contribution in [2.24, 2.45) is 0 Å². The Morgan fingerprint density at radius 2 is 1.97 bits per heavy atom. The van der Waals surface area contributed by atoms with Crippen LogP contribution in [0.25, 0.3) is 27.7 Å². The van der Waals surface area contributed by atoms with E-state index in [1.165, 1.54) is 0 Å². The van der Waals surface area contributed by atoms with E-state index in [1.807, 2.05) is 47.0 Å². The molecule has 0 spiro atoms. The molecule has 0 unspecified atom stereocenters. The highest BCUT2D eigenvalue weighted by Crippen LogP contribution is 2.42. The fourth-order valence-electron chi connectivity index (χ4n) is 3.79. The molecule has 0 atom stereocenters. The lowest BCUT2D eigenvalue weighted by atomic mass is 9.96. The number of nitrogens with zero attached hydrogens (tertiary/aromatic N) is 1. The van der Waals surface area contributed by atoms with Gasteiger partial charge in [-0.3, -0.25) is 4.79 Å². The van der Waals surface area contributed by atoms with Crippen molar-refractivity contribution in [3.05, 3.63) is 57.8 Å². The van der Waals surface area contributed by atoms with E-state index < -0.39 is 0 Å². The first-order chi connectivity index (χ1) is 15.7. The van der Waals surface area contributed by atoms with Gasteiger partial charge >= 0.3 is 0 Å². The maximum Gasteiger partial charge on any atom is 0.244 e. The number of hydrogen-bond acceptors (Lipinski definition) is 4. The predicted molar refractivity (Wildman–Crippen MR) is 137 cm³/mol. The van der Waals surface area contributed by atoms with Crippen LogP contribution in [-0.4, -0.2) is 44.6 Å². The number of furan rings is 1. The molecule has 0 fully saturated rings. The molecule has 3 aromatic rings. The van der Waals surface area contributed by atoms with Gasteiger partial charge < -0.3 is 19.4 Å². The first-order valence-electron chi connectivity index (χ1n) is 11.0. The van der Waals surface area contributed by atoms with Crippen molar-refractivity contribution in [3.63, 3.8) is 0 Å². The van der Waals surface area contributed by atoms with Gasteiger partial charge in [0.15, 0.2) is 0 Å². The summed E-state index contributed by atoms with van der Waals surface area (Å²) in [5, 5.41) is 4.97. The van der Waals surface area contributed by atoms with Crippen molar-refractivity contribution >= 4 is 45.7 Å². The van der Waals surface area contributed by atoms with Crippen LogP contribution in [0.4, 0.5) is 0 Å². The van der Waals surface area contributed by atoms with Crippen LogP contribution in [0.15, 0.2) is 41.0 Å². The third kappa shape index (κ3) is 5.91. The second kappa shape index (κ2) is 11.1. The van der Waals surface area contributed by atoms with E-state index in [9.17, 15) is 4.79 Å². The van der Waals surface area contributed by atoms with E-state index in [4.69, 9.17) is 32.4 Å². The number of hydrogen-bond donors (Lipinski definition) is 1. The SMILES string of the molecule is CCOc1c(/C(C)=C/C(=O)NCCCN(C)C)cc2c(-c3ccc(Cl)cc3Cl)coc2c1C. The van der Waals surface area contributed by atoms with Gasteiger partial charge in [-0.15, -0.1) is 0 Å². The number of fused-ring (bicyclic) bond motifs is 1. The number of allylic oxidation sites excluding steroid dienone is 1. The van der Waals surface area contributed by atoms with E-state index in [1.54, 1.807) is 24.5 Å². The van der Waals surface area contributed by atoms with Crippen molar-refractivity contribution in [2.75, 3.05) is 33.8 Å². The minimum absolute atomic E-state index is 0.125. The Labute approximate surface area is 205 Å². The fraction of sp³-hybridized carbons (Fsp3) is 0.346. The van der Waals surface area contributed by atoms with Crippen LogP contribution in [0.5, 0.6) is 5.75 Å². The highest BCUT2D eigenvalue weighted by Gasteiger charge is 2.20. The number of nitrogens with one attached hydrogen (secondary N) is 1. The molecular formula is C26H30Cl2N2O3. The molecule has 2 aromatic carbocycles. The van der Waals surface area contributed by atoms with E-state index in [0.717, 1.165) is 51.8 Å². The molecule has 0 aliphatic rings. The quantitative estimate of drug-likeness (QED) is 0.272. The van der Waals surface area contributed by atoms with E-state index in [2.05, 4.69) is 10.2 Å². The Kier molecular flexibility index (Phi) is 8.46. The van der Waals surface area contributed by atoms with Crippen LogP contribution < -0.4 is 10.1 Å². The summed E-state index contributed by atoms with van der Waals surface area (Å²) >= 11 is 12.6. The highest BCUT2D eigenvalue weighted by molar-refractivity contribution is 6.36. The molecule has 7 heteroatoms. The number of amides is 1. The molecule has 0 saturated heterocycles. The summed E-state index contributed by atoms with van der Waals surface area (Å²) in [6.45, 7) is 7.85. The number of aryl methyl sites for hydroxylation is 1. The summed E-state index contributed by atoms with van der Waals surface area (Å²) in [5.41, 5.74) is 4.94. The van der Waals surface area contributed by atoms with Crippen molar-refractivity contribution in [1.82, 2.24) is 10.2 Å². The Balaban J connectivity index is 2.02. The lowest BCUT2D eigenvalue weighted by Gasteiger charge is -2.15. The molecule has 0 aliphatic carbocycles. The number of benzene rings is 2. The third-order valence-electron chi connectivity index (χ3n) is 5.41. The Bertz CT molecular complexity index is 1180. The molecule has 0 radical (unpaired) electrons. The van der Waals surface area contributed by atoms with Gasteiger partial charge in [0.2, 0.25) is 5.91 Å². The van der Waals surface area contributed by atoms with Crippen molar-refractivity contribution in [1.29, 1.82) is 0 Å². The summed E-state index contributed by atoms with van der Waals surface area (Å²) < 4.78 is 11.9. The second-order valence-electron chi connectivity index (χ2n) is 8.24. The van der Waals surface area contributed by atoms with E-state index in [-0.39, 0.29) is 5.91 Å².